The first-order valence-corrected chi connectivity index (χ1v) is 6.48. The maximum absolute atomic E-state index is 9.87. The zero-order valence-corrected chi connectivity index (χ0v) is 10.7. The van der Waals surface area contributed by atoms with Crippen LogP contribution in [0.5, 0.6) is 11.5 Å². The summed E-state index contributed by atoms with van der Waals surface area (Å²) in [7, 11) is 0. The summed E-state index contributed by atoms with van der Waals surface area (Å²) in [5, 5.41) is 20.3. The quantitative estimate of drug-likeness (QED) is 0.682. The van der Waals surface area contributed by atoms with Crippen LogP contribution in [0.2, 0.25) is 0 Å². The summed E-state index contributed by atoms with van der Waals surface area (Å²) in [6.45, 7) is 2.03. The van der Waals surface area contributed by atoms with E-state index < -0.39 is 0 Å². The molecule has 0 spiro atoms. The van der Waals surface area contributed by atoms with E-state index >= 15 is 0 Å². The number of hydrogen-bond donors (Lipinski definition) is 2. The van der Waals surface area contributed by atoms with Crippen molar-refractivity contribution < 1.29 is 10.2 Å². The number of hydrogen-bond acceptors (Lipinski definition) is 3. The molecule has 3 aromatic rings. The third-order valence-corrected chi connectivity index (χ3v) is 4.04. The Labute approximate surface area is 109 Å². The van der Waals surface area contributed by atoms with Gasteiger partial charge in [-0.25, -0.2) is 0 Å². The fraction of sp³-hybridized carbons (Fsp3) is 0.0667. The van der Waals surface area contributed by atoms with Crippen molar-refractivity contribution in [1.29, 1.82) is 0 Å². The molecular weight excluding hydrogens is 244 g/mol. The van der Waals surface area contributed by atoms with Gasteiger partial charge in [-0.3, -0.25) is 0 Å². The Kier molecular flexibility index (Phi) is 2.49. The van der Waals surface area contributed by atoms with Gasteiger partial charge in [0.05, 0.1) is 4.70 Å². The van der Waals surface area contributed by atoms with Gasteiger partial charge in [-0.05, 0) is 48.4 Å². The Morgan fingerprint density at radius 1 is 0.944 bits per heavy atom. The number of fused-ring (bicyclic) bond motifs is 1. The zero-order valence-electron chi connectivity index (χ0n) is 9.84. The van der Waals surface area contributed by atoms with Crippen LogP contribution in [0.3, 0.4) is 0 Å². The van der Waals surface area contributed by atoms with Crippen molar-refractivity contribution >= 4 is 21.4 Å². The Balaban J connectivity index is 2.29. The van der Waals surface area contributed by atoms with E-state index in [1.807, 2.05) is 25.1 Å². The molecule has 0 saturated heterocycles. The highest BCUT2D eigenvalue weighted by atomic mass is 32.1. The second-order valence-corrected chi connectivity index (χ2v) is 5.54. The molecule has 0 bridgehead atoms. The maximum atomic E-state index is 9.87. The van der Waals surface area contributed by atoms with Crippen LogP contribution in [0.25, 0.3) is 21.2 Å². The molecule has 3 rings (SSSR count). The smallest absolute Gasteiger partial charge is 0.133 e. The second-order valence-electron chi connectivity index (χ2n) is 4.28. The normalized spacial score (nSPS) is 10.9. The first kappa shape index (κ1) is 11.1. The van der Waals surface area contributed by atoms with E-state index in [0.29, 0.717) is 5.75 Å². The third-order valence-electron chi connectivity index (χ3n) is 2.96. The number of phenols is 2. The van der Waals surface area contributed by atoms with Crippen LogP contribution in [0.15, 0.2) is 42.5 Å². The number of phenolic OH excluding ortho intramolecular Hbond substituents is 2. The van der Waals surface area contributed by atoms with Gasteiger partial charge in [0, 0.05) is 10.3 Å². The summed E-state index contributed by atoms with van der Waals surface area (Å²) in [4.78, 5) is 1.17. The summed E-state index contributed by atoms with van der Waals surface area (Å²) in [5.41, 5.74) is 2.11. The lowest BCUT2D eigenvalue weighted by Crippen LogP contribution is -1.78. The molecule has 3 heteroatoms. The number of aromatic hydroxyl groups is 2. The third kappa shape index (κ3) is 1.73. The predicted octanol–water partition coefficient (Wildman–Crippen LogP) is 4.29. The minimum Gasteiger partial charge on any atom is -0.508 e. The van der Waals surface area contributed by atoms with Gasteiger partial charge in [0.2, 0.25) is 0 Å². The molecule has 1 heterocycles. The van der Waals surface area contributed by atoms with Crippen molar-refractivity contribution in [1.82, 2.24) is 0 Å². The molecule has 90 valence electrons. The van der Waals surface area contributed by atoms with Gasteiger partial charge in [0.15, 0.2) is 0 Å². The largest absolute Gasteiger partial charge is 0.508 e. The summed E-state index contributed by atoms with van der Waals surface area (Å²) in [6, 6.07) is 12.8. The molecule has 0 radical (unpaired) electrons. The highest BCUT2D eigenvalue weighted by Crippen LogP contribution is 2.39. The van der Waals surface area contributed by atoms with Crippen LogP contribution < -0.4 is 0 Å². The Morgan fingerprint density at radius 2 is 1.67 bits per heavy atom. The van der Waals surface area contributed by atoms with E-state index in [4.69, 9.17) is 0 Å². The first-order valence-electron chi connectivity index (χ1n) is 5.66. The number of aryl methyl sites for hydroxylation is 1. The average molecular weight is 256 g/mol. The molecule has 2 nitrogen and oxygen atoms in total. The van der Waals surface area contributed by atoms with Crippen molar-refractivity contribution in [3.63, 3.8) is 0 Å². The Hall–Kier alpha value is -2.00. The van der Waals surface area contributed by atoms with Crippen LogP contribution in [0.4, 0.5) is 0 Å². The van der Waals surface area contributed by atoms with Gasteiger partial charge in [-0.15, -0.1) is 11.3 Å². The molecule has 0 aliphatic rings. The van der Waals surface area contributed by atoms with Crippen LogP contribution in [-0.2, 0) is 0 Å². The number of thiophene rings is 1. The van der Waals surface area contributed by atoms with Gasteiger partial charge in [-0.1, -0.05) is 12.1 Å². The SMILES string of the molecule is Cc1cc2c(-c3ccc(O)cc3)ccc(O)c2s1. The van der Waals surface area contributed by atoms with Crippen LogP contribution in [0, 0.1) is 6.92 Å². The van der Waals surface area contributed by atoms with Gasteiger partial charge in [0.25, 0.3) is 0 Å². The van der Waals surface area contributed by atoms with E-state index in [0.717, 1.165) is 21.2 Å². The van der Waals surface area contributed by atoms with E-state index in [1.54, 1.807) is 29.5 Å². The molecule has 18 heavy (non-hydrogen) atoms. The second kappa shape index (κ2) is 4.03. The van der Waals surface area contributed by atoms with Crippen molar-refractivity contribution in [3.8, 4) is 22.6 Å². The van der Waals surface area contributed by atoms with Crippen LogP contribution >= 0.6 is 11.3 Å². The number of rotatable bonds is 1. The average Bonchev–Trinajstić information content (AvgIpc) is 2.74. The maximum Gasteiger partial charge on any atom is 0.133 e. The van der Waals surface area contributed by atoms with E-state index in [-0.39, 0.29) is 5.75 Å². The minimum absolute atomic E-state index is 0.260. The fourth-order valence-electron chi connectivity index (χ4n) is 2.13. The molecule has 0 fully saturated rings. The lowest BCUT2D eigenvalue weighted by atomic mass is 10.0. The summed E-state index contributed by atoms with van der Waals surface area (Å²) >= 11 is 1.59. The summed E-state index contributed by atoms with van der Waals surface area (Å²) < 4.78 is 0.915. The zero-order chi connectivity index (χ0) is 12.7. The molecule has 0 aliphatic heterocycles. The standard InChI is InChI=1S/C15H12O2S/c1-9-8-13-12(6-7-14(17)15(13)18-9)10-2-4-11(16)5-3-10/h2-8,16-17H,1H3. The van der Waals surface area contributed by atoms with Crippen molar-refractivity contribution in [3.05, 3.63) is 47.3 Å². The Morgan fingerprint density at radius 3 is 2.39 bits per heavy atom. The molecule has 0 saturated carbocycles. The monoisotopic (exact) mass is 256 g/mol. The molecule has 0 atom stereocenters. The van der Waals surface area contributed by atoms with Crippen LogP contribution in [-0.4, -0.2) is 10.2 Å². The van der Waals surface area contributed by atoms with Crippen molar-refractivity contribution in [2.45, 2.75) is 6.92 Å². The molecule has 0 unspecified atom stereocenters. The highest BCUT2D eigenvalue weighted by Gasteiger charge is 2.10. The predicted molar refractivity (Wildman–Crippen MR) is 75.3 cm³/mol. The molecule has 0 amide bonds. The fourth-order valence-corrected chi connectivity index (χ4v) is 3.08. The van der Waals surface area contributed by atoms with Gasteiger partial charge < -0.3 is 10.2 Å². The number of benzene rings is 2. The molecular formula is C15H12O2S. The molecule has 1 aromatic heterocycles. The van der Waals surface area contributed by atoms with Crippen molar-refractivity contribution in [2.75, 3.05) is 0 Å². The summed E-state index contributed by atoms with van der Waals surface area (Å²) in [5.74, 6) is 0.584. The Bertz CT molecular complexity index is 711. The molecule has 0 aliphatic carbocycles. The topological polar surface area (TPSA) is 40.5 Å². The molecule has 2 N–H and O–H groups in total. The van der Waals surface area contributed by atoms with Gasteiger partial charge in [-0.2, -0.15) is 0 Å². The lowest BCUT2D eigenvalue weighted by molar-refractivity contribution is 0.475. The van der Waals surface area contributed by atoms with E-state index in [9.17, 15) is 10.2 Å². The van der Waals surface area contributed by atoms with Gasteiger partial charge in [0.1, 0.15) is 11.5 Å². The van der Waals surface area contributed by atoms with E-state index in [1.165, 1.54) is 4.88 Å². The molecule has 2 aromatic carbocycles. The van der Waals surface area contributed by atoms with E-state index in [2.05, 4.69) is 6.07 Å². The van der Waals surface area contributed by atoms with Gasteiger partial charge >= 0.3 is 0 Å². The van der Waals surface area contributed by atoms with Crippen molar-refractivity contribution in [2.24, 2.45) is 0 Å². The first-order chi connectivity index (χ1) is 8.65. The minimum atomic E-state index is 0.260. The highest BCUT2D eigenvalue weighted by molar-refractivity contribution is 7.19. The summed E-state index contributed by atoms with van der Waals surface area (Å²) in [6.07, 6.45) is 0. The van der Waals surface area contributed by atoms with Crippen LogP contribution in [0.1, 0.15) is 4.88 Å². The lowest BCUT2D eigenvalue weighted by Gasteiger charge is -2.05.